The standard InChI is InChI=1S/C45H14B15N3O/c46-26-19(20-24-32(52)29(49)23(22-30(50)36(56)39(59)37(57)31(22)51)35(55)42(24)64-41(20)40(60)38(26)58)21-27(47)33(53)25(34(54)28(21)48)45-62-43(17-9-5-2-6-10-17)61-44(63-45)18-13-11-16(12-14-18)15-7-3-1-4-8-15/h1-14H. The Bertz CT molecular complexity index is 3380. The SMILES string of the molecule is [B]c1c([B])c([B])c(-c2c([B])c([B])c3c(oc4c([B])c([B])c([B])c(-c5c([B])c([B])c(-c6nc(-c7ccccc7)nc(-c7ccc(-c8ccccc8)cc7)n6)c([B])c5[B])c43)c2[B])c([B])c1[B]. The summed E-state index contributed by atoms with van der Waals surface area (Å²) in [6, 6.07) is 27.1. The van der Waals surface area contributed by atoms with Crippen LogP contribution in [0, 0.1) is 0 Å². The molecule has 0 aliphatic rings. The maximum atomic E-state index is 6.99. The number of fused-ring (bicyclic) bond motifs is 3. The molecule has 0 amide bonds. The van der Waals surface area contributed by atoms with E-state index < -0.39 is 0 Å². The number of nitrogens with zero attached hydrogens (tertiary/aromatic N) is 3. The summed E-state index contributed by atoms with van der Waals surface area (Å²) in [7, 11) is 99.7. The number of hydrogen-bond donors (Lipinski definition) is 0. The Labute approximate surface area is 391 Å². The summed E-state index contributed by atoms with van der Waals surface area (Å²) in [6.07, 6.45) is 0. The van der Waals surface area contributed by atoms with Crippen molar-refractivity contribution in [3.8, 4) is 67.5 Å². The van der Waals surface area contributed by atoms with Crippen LogP contribution in [-0.2, 0) is 0 Å². The molecule has 64 heavy (non-hydrogen) atoms. The highest BCUT2D eigenvalue weighted by Crippen LogP contribution is 2.33. The van der Waals surface area contributed by atoms with Crippen LogP contribution in [0.3, 0.4) is 0 Å². The van der Waals surface area contributed by atoms with Gasteiger partial charge in [-0.15, -0.1) is 21.9 Å². The third-order valence-corrected chi connectivity index (χ3v) is 11.6. The van der Waals surface area contributed by atoms with Crippen molar-refractivity contribution >= 4 is 222 Å². The average Bonchev–Trinajstić information content (AvgIpc) is 3.72. The third-order valence-electron chi connectivity index (χ3n) is 11.6. The maximum Gasteiger partial charge on any atom is 0.164 e. The van der Waals surface area contributed by atoms with Crippen LogP contribution in [0.1, 0.15) is 0 Å². The molecule has 260 valence electrons. The fraction of sp³-hybridized carbons (Fsp3) is 0. The van der Waals surface area contributed by atoms with E-state index in [0.717, 1.165) is 11.1 Å². The van der Waals surface area contributed by atoms with E-state index in [1.165, 1.54) is 0 Å². The summed E-state index contributed by atoms with van der Waals surface area (Å²) in [5.74, 6) is 0.774. The first-order chi connectivity index (χ1) is 30.5. The largest absolute Gasteiger partial charge is 0.457 e. The van der Waals surface area contributed by atoms with Gasteiger partial charge in [0.15, 0.2) is 17.5 Å². The molecule has 0 N–H and O–H groups in total. The van der Waals surface area contributed by atoms with Crippen LogP contribution in [0.15, 0.2) is 89.3 Å². The molecule has 0 aliphatic carbocycles. The Morgan fingerprint density at radius 1 is 0.250 bits per heavy atom. The van der Waals surface area contributed by atoms with Crippen molar-refractivity contribution in [2.45, 2.75) is 0 Å². The van der Waals surface area contributed by atoms with Crippen molar-refractivity contribution in [1.29, 1.82) is 0 Å². The molecule has 0 unspecified atom stereocenters. The molecule has 4 nitrogen and oxygen atoms in total. The Balaban J connectivity index is 1.29. The van der Waals surface area contributed by atoms with E-state index in [-0.39, 0.29) is 138 Å². The molecule has 0 saturated carbocycles. The van der Waals surface area contributed by atoms with Crippen molar-refractivity contribution in [2.24, 2.45) is 0 Å². The van der Waals surface area contributed by atoms with Crippen LogP contribution in [0.5, 0.6) is 0 Å². The molecular formula is C45H14B15N3O. The lowest BCUT2D eigenvalue weighted by atomic mass is 9.57. The van der Waals surface area contributed by atoms with Crippen LogP contribution >= 0.6 is 0 Å². The minimum Gasteiger partial charge on any atom is -0.457 e. The van der Waals surface area contributed by atoms with E-state index in [9.17, 15) is 0 Å². The highest BCUT2D eigenvalue weighted by molar-refractivity contribution is 6.72. The second-order valence-electron chi connectivity index (χ2n) is 15.2. The summed E-state index contributed by atoms with van der Waals surface area (Å²) in [5.41, 5.74) is 3.25. The Morgan fingerprint density at radius 2 is 0.578 bits per heavy atom. The predicted molar refractivity (Wildman–Crippen MR) is 281 cm³/mol. The van der Waals surface area contributed by atoms with Crippen LogP contribution in [0.4, 0.5) is 0 Å². The smallest absolute Gasteiger partial charge is 0.164 e. The Hall–Kier alpha value is -5.68. The van der Waals surface area contributed by atoms with Crippen molar-refractivity contribution < 1.29 is 4.42 Å². The molecular weight excluding hydrogens is 761 g/mol. The Kier molecular flexibility index (Phi) is 11.2. The normalized spacial score (nSPS) is 11.4. The van der Waals surface area contributed by atoms with Gasteiger partial charge in [0, 0.05) is 27.5 Å². The molecule has 9 rings (SSSR count). The number of aromatic nitrogens is 3. The fourth-order valence-corrected chi connectivity index (χ4v) is 8.13. The van der Waals surface area contributed by atoms with Gasteiger partial charge in [0.1, 0.15) is 129 Å². The minimum atomic E-state index is -0.0765. The number of hydrogen-bond acceptors (Lipinski definition) is 4. The molecule has 30 radical (unpaired) electrons. The summed E-state index contributed by atoms with van der Waals surface area (Å²) in [5, 5.41) is 0.361. The van der Waals surface area contributed by atoms with Gasteiger partial charge < -0.3 is 4.42 Å². The lowest BCUT2D eigenvalue weighted by molar-refractivity contribution is 0.675. The summed E-state index contributed by atoms with van der Waals surface area (Å²) in [4.78, 5) is 14.6. The molecule has 0 fully saturated rings. The van der Waals surface area contributed by atoms with Crippen molar-refractivity contribution in [3.05, 3.63) is 84.9 Å². The molecule has 0 atom stereocenters. The molecule has 0 spiro atoms. The molecule has 0 bridgehead atoms. The predicted octanol–water partition coefficient (Wildman–Crippen LogP) is -6.32. The third kappa shape index (κ3) is 6.71. The highest BCUT2D eigenvalue weighted by Gasteiger charge is 2.28. The molecule has 2 aromatic heterocycles. The molecule has 7 aromatic carbocycles. The zero-order valence-electron chi connectivity index (χ0n) is 34.0. The first kappa shape index (κ1) is 43.6. The first-order valence-corrected chi connectivity index (χ1v) is 19.5. The van der Waals surface area contributed by atoms with E-state index in [4.69, 9.17) is 137 Å². The maximum absolute atomic E-state index is 6.99. The number of benzene rings is 7. The molecule has 9 aromatic rings. The first-order valence-electron chi connectivity index (χ1n) is 19.5. The van der Waals surface area contributed by atoms with Gasteiger partial charge >= 0.3 is 0 Å². The minimum absolute atomic E-state index is 0.0000762. The molecule has 0 saturated heterocycles. The van der Waals surface area contributed by atoms with Gasteiger partial charge in [-0.2, -0.15) is 0 Å². The van der Waals surface area contributed by atoms with Crippen LogP contribution in [0.2, 0.25) is 0 Å². The van der Waals surface area contributed by atoms with E-state index in [2.05, 4.69) is 0 Å². The number of rotatable bonds is 6. The van der Waals surface area contributed by atoms with Crippen molar-refractivity contribution in [3.63, 3.8) is 0 Å². The van der Waals surface area contributed by atoms with Gasteiger partial charge in [-0.05, 0) is 38.8 Å². The highest BCUT2D eigenvalue weighted by atomic mass is 16.3. The van der Waals surface area contributed by atoms with Crippen molar-refractivity contribution in [1.82, 2.24) is 15.0 Å². The van der Waals surface area contributed by atoms with E-state index in [0.29, 0.717) is 22.8 Å². The second kappa shape index (κ2) is 16.4. The van der Waals surface area contributed by atoms with E-state index in [1.807, 2.05) is 84.9 Å². The molecule has 2 heterocycles. The van der Waals surface area contributed by atoms with Gasteiger partial charge in [0.05, 0.1) is 0 Å². The average molecular weight is 775 g/mol. The van der Waals surface area contributed by atoms with Crippen LogP contribution in [-0.4, -0.2) is 133 Å². The summed E-state index contributed by atoms with van der Waals surface area (Å²) < 4.78 is 6.39. The lowest BCUT2D eigenvalue weighted by Crippen LogP contribution is -2.56. The lowest BCUT2D eigenvalue weighted by Gasteiger charge is -2.26. The molecule has 0 aliphatic heterocycles. The number of furan rings is 1. The fourth-order valence-electron chi connectivity index (χ4n) is 8.13. The zero-order chi connectivity index (χ0) is 45.6. The van der Waals surface area contributed by atoms with Gasteiger partial charge in [-0.25, -0.2) is 15.0 Å². The zero-order valence-corrected chi connectivity index (χ0v) is 34.0. The summed E-state index contributed by atoms with van der Waals surface area (Å²) in [6.45, 7) is 0. The van der Waals surface area contributed by atoms with E-state index >= 15 is 0 Å². The van der Waals surface area contributed by atoms with Crippen molar-refractivity contribution in [2.75, 3.05) is 0 Å². The van der Waals surface area contributed by atoms with Crippen LogP contribution in [0.25, 0.3) is 89.5 Å². The molecule has 19 heteroatoms. The monoisotopic (exact) mass is 777 g/mol. The topological polar surface area (TPSA) is 51.8 Å². The summed E-state index contributed by atoms with van der Waals surface area (Å²) >= 11 is 0. The Morgan fingerprint density at radius 3 is 1.12 bits per heavy atom. The van der Waals surface area contributed by atoms with E-state index in [1.54, 1.807) is 0 Å². The van der Waals surface area contributed by atoms with Crippen LogP contribution < -0.4 is 81.9 Å². The van der Waals surface area contributed by atoms with Gasteiger partial charge in [0.25, 0.3) is 0 Å². The van der Waals surface area contributed by atoms with Gasteiger partial charge in [0.2, 0.25) is 0 Å². The van der Waals surface area contributed by atoms with Gasteiger partial charge in [-0.1, -0.05) is 140 Å². The second-order valence-corrected chi connectivity index (χ2v) is 15.2. The quantitative estimate of drug-likeness (QED) is 0.158. The van der Waals surface area contributed by atoms with Gasteiger partial charge in [-0.3, -0.25) is 0 Å².